The summed E-state index contributed by atoms with van der Waals surface area (Å²) >= 11 is 0. The van der Waals surface area contributed by atoms with Crippen LogP contribution in [0.5, 0.6) is 0 Å². The van der Waals surface area contributed by atoms with Gasteiger partial charge in [-0.25, -0.2) is 4.57 Å². The minimum Gasteiger partial charge on any atom is -0.391 e. The van der Waals surface area contributed by atoms with Crippen molar-refractivity contribution in [3.05, 3.63) is 36.5 Å². The second-order valence-electron chi connectivity index (χ2n) is 16.4. The SMILES string of the molecule is CCCCC/C=C\C/C=C\C/C=C\CC(O)C(O)CCCC(=O)N[C@@H](COP(=O)(O)OCC[N+](C)(C)C)[C@H](O)CCCCCCCCCCCCCCCC. The summed E-state index contributed by atoms with van der Waals surface area (Å²) in [6.07, 6.45) is 34.7. The molecule has 0 aromatic heterocycles. The molecule has 11 heteroatoms. The number of nitrogens with zero attached hydrogens (tertiary/aromatic N) is 1. The molecule has 5 atom stereocenters. The number of likely N-dealkylation sites (N-methyl/N-ethyl adjacent to an activating group) is 1. The Morgan fingerprint density at radius 3 is 1.69 bits per heavy atom. The number of nitrogens with one attached hydrogen (secondary N) is 1. The largest absolute Gasteiger partial charge is 0.472 e. The van der Waals surface area contributed by atoms with Gasteiger partial charge >= 0.3 is 7.82 Å². The molecule has 0 fully saturated rings. The van der Waals surface area contributed by atoms with Gasteiger partial charge < -0.3 is 30.0 Å². The molecule has 0 bridgehead atoms. The average Bonchev–Trinajstić information content (AvgIpc) is 3.13. The van der Waals surface area contributed by atoms with Crippen molar-refractivity contribution in [2.24, 2.45) is 0 Å². The highest BCUT2D eigenvalue weighted by molar-refractivity contribution is 7.47. The second kappa shape index (κ2) is 35.8. The minimum absolute atomic E-state index is 0.0219. The molecule has 0 aliphatic carbocycles. The fraction of sp³-hybridized carbons (Fsp3) is 0.841. The van der Waals surface area contributed by atoms with Crippen LogP contribution in [-0.2, 0) is 18.4 Å². The number of aliphatic hydroxyl groups excluding tert-OH is 3. The summed E-state index contributed by atoms with van der Waals surface area (Å²) in [5.41, 5.74) is 0. The Kier molecular flexibility index (Phi) is 34.9. The van der Waals surface area contributed by atoms with Gasteiger partial charge in [-0.1, -0.05) is 153 Å². The molecule has 1 amide bonds. The van der Waals surface area contributed by atoms with E-state index in [2.05, 4.69) is 43.5 Å². The first-order valence-electron chi connectivity index (χ1n) is 22.0. The normalized spacial score (nSPS) is 15.9. The van der Waals surface area contributed by atoms with Gasteiger partial charge in [-0.15, -0.1) is 0 Å². The fourth-order valence-corrected chi connectivity index (χ4v) is 6.88. The van der Waals surface area contributed by atoms with Gasteiger partial charge in [-0.2, -0.15) is 0 Å². The molecule has 0 radical (unpaired) electrons. The molecule has 0 aromatic carbocycles. The molecule has 0 saturated heterocycles. The van der Waals surface area contributed by atoms with Gasteiger partial charge in [0.25, 0.3) is 0 Å². The third-order valence-electron chi connectivity index (χ3n) is 9.84. The number of amides is 1. The third-order valence-corrected chi connectivity index (χ3v) is 10.8. The number of hydrogen-bond donors (Lipinski definition) is 5. The van der Waals surface area contributed by atoms with E-state index < -0.39 is 32.2 Å². The molecular formula is C44H86N2O8P+. The molecule has 10 nitrogen and oxygen atoms in total. The van der Waals surface area contributed by atoms with Crippen molar-refractivity contribution in [3.8, 4) is 0 Å². The second-order valence-corrected chi connectivity index (χ2v) is 17.8. The van der Waals surface area contributed by atoms with E-state index in [1.807, 2.05) is 33.3 Å². The van der Waals surface area contributed by atoms with E-state index in [4.69, 9.17) is 9.05 Å². The van der Waals surface area contributed by atoms with E-state index in [1.54, 1.807) is 0 Å². The average molecular weight is 802 g/mol. The molecule has 3 unspecified atom stereocenters. The zero-order valence-corrected chi connectivity index (χ0v) is 36.8. The Hall–Kier alpha value is -1.36. The van der Waals surface area contributed by atoms with E-state index >= 15 is 0 Å². The van der Waals surface area contributed by atoms with Crippen LogP contribution in [0, 0.1) is 0 Å². The zero-order chi connectivity index (χ0) is 41.0. The first-order chi connectivity index (χ1) is 26.3. The van der Waals surface area contributed by atoms with E-state index in [9.17, 15) is 29.6 Å². The number of rotatable bonds is 39. The molecule has 0 spiro atoms. The maximum Gasteiger partial charge on any atom is 0.472 e. The Balaban J connectivity index is 4.65. The molecule has 0 aromatic rings. The van der Waals surface area contributed by atoms with Crippen LogP contribution in [0.4, 0.5) is 0 Å². The lowest BCUT2D eigenvalue weighted by molar-refractivity contribution is -0.870. The van der Waals surface area contributed by atoms with Crippen molar-refractivity contribution >= 4 is 13.7 Å². The summed E-state index contributed by atoms with van der Waals surface area (Å²) in [6, 6.07) is -0.895. The summed E-state index contributed by atoms with van der Waals surface area (Å²) in [5.74, 6) is -0.364. The van der Waals surface area contributed by atoms with Gasteiger partial charge in [-0.3, -0.25) is 13.8 Å². The Morgan fingerprint density at radius 1 is 0.636 bits per heavy atom. The number of carbonyl (C=O) groups is 1. The highest BCUT2D eigenvalue weighted by Crippen LogP contribution is 2.43. The lowest BCUT2D eigenvalue weighted by Gasteiger charge is -2.26. The Morgan fingerprint density at radius 2 is 1.13 bits per heavy atom. The van der Waals surface area contributed by atoms with Gasteiger partial charge in [0.2, 0.25) is 5.91 Å². The molecule has 55 heavy (non-hydrogen) atoms. The van der Waals surface area contributed by atoms with Gasteiger partial charge in [0, 0.05) is 6.42 Å². The molecule has 5 N–H and O–H groups in total. The first kappa shape index (κ1) is 53.6. The lowest BCUT2D eigenvalue weighted by Crippen LogP contribution is -2.46. The summed E-state index contributed by atoms with van der Waals surface area (Å²) in [6.45, 7) is 4.61. The number of aliphatic hydroxyl groups is 3. The number of phosphoric acid groups is 1. The zero-order valence-electron chi connectivity index (χ0n) is 35.9. The standard InChI is InChI=1S/C44H85N2O8P/c1-6-8-10-12-14-16-18-20-21-23-24-26-28-30-33-41(47)40(39-54-55(51,52)53-38-37-46(3,4)5)45-44(50)36-32-35-43(49)42(48)34-31-29-27-25-22-19-17-15-13-11-9-7-2/h15,17,22,25,29,31,40-43,47-49H,6-14,16,18-21,23-24,26-28,30,32-39H2,1-5H3,(H-,45,50,51,52)/p+1/b17-15-,25-22-,31-29-/t40-,41+,42?,43?/m0/s1. The number of quaternary nitrogens is 1. The van der Waals surface area contributed by atoms with Crippen LogP contribution in [0.3, 0.4) is 0 Å². The highest BCUT2D eigenvalue weighted by atomic mass is 31.2. The third kappa shape index (κ3) is 36.7. The van der Waals surface area contributed by atoms with E-state index in [0.29, 0.717) is 30.3 Å². The molecule has 0 rings (SSSR count). The maximum absolute atomic E-state index is 12.9. The van der Waals surface area contributed by atoms with Crippen molar-refractivity contribution in [1.29, 1.82) is 0 Å². The van der Waals surface area contributed by atoms with Gasteiger partial charge in [0.15, 0.2) is 0 Å². The first-order valence-corrected chi connectivity index (χ1v) is 23.5. The number of phosphoric ester groups is 1. The molecular weight excluding hydrogens is 715 g/mol. The Bertz CT molecular complexity index is 1030. The summed E-state index contributed by atoms with van der Waals surface area (Å²) < 4.78 is 23.5. The van der Waals surface area contributed by atoms with Crippen molar-refractivity contribution in [2.45, 2.75) is 199 Å². The molecule has 0 aliphatic rings. The van der Waals surface area contributed by atoms with E-state index in [-0.39, 0.29) is 32.0 Å². The summed E-state index contributed by atoms with van der Waals surface area (Å²) in [5, 5.41) is 34.7. The van der Waals surface area contributed by atoms with Crippen LogP contribution < -0.4 is 5.32 Å². The van der Waals surface area contributed by atoms with Crippen LogP contribution in [-0.4, -0.2) is 95.9 Å². The van der Waals surface area contributed by atoms with Gasteiger partial charge in [0.05, 0.1) is 52.1 Å². The van der Waals surface area contributed by atoms with Crippen LogP contribution >= 0.6 is 7.82 Å². The van der Waals surface area contributed by atoms with E-state index in [1.165, 1.54) is 89.9 Å². The number of hydrogen-bond acceptors (Lipinski definition) is 7. The minimum atomic E-state index is -4.39. The van der Waals surface area contributed by atoms with Crippen molar-refractivity contribution < 1.29 is 43.1 Å². The highest BCUT2D eigenvalue weighted by Gasteiger charge is 2.28. The van der Waals surface area contributed by atoms with Crippen molar-refractivity contribution in [1.82, 2.24) is 5.32 Å². The van der Waals surface area contributed by atoms with E-state index in [0.717, 1.165) is 38.5 Å². The van der Waals surface area contributed by atoms with Gasteiger partial charge in [0.1, 0.15) is 13.2 Å². The Labute approximate surface area is 337 Å². The number of carbonyl (C=O) groups excluding carboxylic acids is 1. The quantitative estimate of drug-likeness (QED) is 0.0179. The van der Waals surface area contributed by atoms with Crippen LogP contribution in [0.15, 0.2) is 36.5 Å². The van der Waals surface area contributed by atoms with Gasteiger partial charge in [-0.05, 0) is 51.4 Å². The molecule has 0 saturated carbocycles. The predicted molar refractivity (Wildman–Crippen MR) is 229 cm³/mol. The fourth-order valence-electron chi connectivity index (χ4n) is 6.15. The lowest BCUT2D eigenvalue weighted by atomic mass is 10.0. The smallest absolute Gasteiger partial charge is 0.391 e. The monoisotopic (exact) mass is 802 g/mol. The van der Waals surface area contributed by atoms with Crippen molar-refractivity contribution in [2.75, 3.05) is 40.9 Å². The van der Waals surface area contributed by atoms with Crippen molar-refractivity contribution in [3.63, 3.8) is 0 Å². The van der Waals surface area contributed by atoms with Crippen LogP contribution in [0.25, 0.3) is 0 Å². The van der Waals surface area contributed by atoms with Crippen LogP contribution in [0.1, 0.15) is 174 Å². The summed E-state index contributed by atoms with van der Waals surface area (Å²) in [7, 11) is 1.44. The number of unbranched alkanes of at least 4 members (excludes halogenated alkanes) is 16. The topological polar surface area (TPSA) is 146 Å². The molecule has 0 heterocycles. The molecule has 324 valence electrons. The van der Waals surface area contributed by atoms with Crippen LogP contribution in [0.2, 0.25) is 0 Å². The summed E-state index contributed by atoms with van der Waals surface area (Å²) in [4.78, 5) is 23.2. The maximum atomic E-state index is 12.9. The predicted octanol–water partition coefficient (Wildman–Crippen LogP) is 9.85. The molecule has 0 aliphatic heterocycles. The number of allylic oxidation sites excluding steroid dienone is 5.